The van der Waals surface area contributed by atoms with Gasteiger partial charge in [-0.25, -0.2) is 0 Å². The molecule has 1 atom stereocenters. The van der Waals surface area contributed by atoms with Crippen molar-refractivity contribution in [2.45, 2.75) is 12.5 Å². The van der Waals surface area contributed by atoms with Gasteiger partial charge < -0.3 is 19.7 Å². The number of carbonyl (C=O) groups excluding carboxylic acids is 2. The molecular weight excluding hydrogens is 320 g/mol. The molecule has 0 aromatic heterocycles. The summed E-state index contributed by atoms with van der Waals surface area (Å²) >= 11 is 0. The van der Waals surface area contributed by atoms with Gasteiger partial charge >= 0.3 is 0 Å². The van der Waals surface area contributed by atoms with E-state index in [9.17, 15) is 9.59 Å². The summed E-state index contributed by atoms with van der Waals surface area (Å²) in [6.45, 7) is 0.374. The highest BCUT2D eigenvalue weighted by atomic mass is 16.5. The van der Waals surface area contributed by atoms with E-state index in [0.29, 0.717) is 18.7 Å². The molecule has 0 spiro atoms. The molecule has 1 aliphatic heterocycles. The van der Waals surface area contributed by atoms with Gasteiger partial charge in [-0.3, -0.25) is 9.59 Å². The number of rotatable bonds is 6. The molecule has 1 N–H and O–H groups in total. The van der Waals surface area contributed by atoms with E-state index in [1.165, 1.54) is 0 Å². The number of anilines is 1. The number of carbonyl (C=O) groups is 2. The predicted molar refractivity (Wildman–Crippen MR) is 93.8 cm³/mol. The van der Waals surface area contributed by atoms with Crippen LogP contribution in [0.5, 0.6) is 11.5 Å². The van der Waals surface area contributed by atoms with Gasteiger partial charge in [0.15, 0.2) is 6.61 Å². The maximum atomic E-state index is 12.1. The summed E-state index contributed by atoms with van der Waals surface area (Å²) in [5, 5.41) is 2.85. The van der Waals surface area contributed by atoms with Crippen LogP contribution in [0.15, 0.2) is 54.6 Å². The van der Waals surface area contributed by atoms with Crippen molar-refractivity contribution in [1.82, 2.24) is 5.32 Å². The number of para-hydroxylation sites is 1. The Hall–Kier alpha value is -3.02. The fraction of sp³-hybridized carbons (Fsp3) is 0.263. The number of nitrogens with zero attached hydrogens (tertiary/aromatic N) is 1. The summed E-state index contributed by atoms with van der Waals surface area (Å²) in [6.07, 6.45) is 0.295. The maximum Gasteiger partial charge on any atom is 0.258 e. The van der Waals surface area contributed by atoms with Crippen molar-refractivity contribution in [2.24, 2.45) is 0 Å². The van der Waals surface area contributed by atoms with Crippen LogP contribution in [0, 0.1) is 0 Å². The Morgan fingerprint density at radius 1 is 1.12 bits per heavy atom. The lowest BCUT2D eigenvalue weighted by molar-refractivity contribution is -0.123. The first-order chi connectivity index (χ1) is 12.2. The van der Waals surface area contributed by atoms with E-state index < -0.39 is 0 Å². The second kappa shape index (κ2) is 7.70. The first-order valence-electron chi connectivity index (χ1n) is 8.07. The average molecular weight is 340 g/mol. The van der Waals surface area contributed by atoms with E-state index in [4.69, 9.17) is 9.47 Å². The summed E-state index contributed by atoms with van der Waals surface area (Å²) < 4.78 is 10.5. The predicted octanol–water partition coefficient (Wildman–Crippen LogP) is 2.00. The Labute approximate surface area is 146 Å². The highest BCUT2D eigenvalue weighted by Gasteiger charge is 2.31. The molecule has 0 aliphatic carbocycles. The molecule has 6 nitrogen and oxygen atoms in total. The molecule has 2 aromatic rings. The molecule has 6 heteroatoms. The molecule has 25 heavy (non-hydrogen) atoms. The van der Waals surface area contributed by atoms with Gasteiger partial charge in [-0.05, 0) is 36.4 Å². The topological polar surface area (TPSA) is 67.9 Å². The number of amides is 2. The zero-order valence-electron chi connectivity index (χ0n) is 14.0. The molecule has 130 valence electrons. The lowest BCUT2D eigenvalue weighted by Gasteiger charge is -2.17. The molecule has 1 saturated heterocycles. The van der Waals surface area contributed by atoms with Crippen molar-refractivity contribution in [3.8, 4) is 11.5 Å². The average Bonchev–Trinajstić information content (AvgIpc) is 3.01. The van der Waals surface area contributed by atoms with Crippen LogP contribution in [0.1, 0.15) is 6.42 Å². The highest BCUT2D eigenvalue weighted by molar-refractivity contribution is 5.96. The lowest BCUT2D eigenvalue weighted by atomic mass is 10.2. The zero-order valence-corrected chi connectivity index (χ0v) is 14.0. The third kappa shape index (κ3) is 4.29. The molecule has 2 amide bonds. The second-order valence-electron chi connectivity index (χ2n) is 5.77. The van der Waals surface area contributed by atoms with Crippen LogP contribution in [-0.4, -0.2) is 38.1 Å². The number of hydrogen-bond acceptors (Lipinski definition) is 4. The van der Waals surface area contributed by atoms with Gasteiger partial charge in [0, 0.05) is 18.7 Å². The van der Waals surface area contributed by atoms with Crippen LogP contribution in [0.4, 0.5) is 5.69 Å². The van der Waals surface area contributed by atoms with Crippen molar-refractivity contribution in [2.75, 3.05) is 25.2 Å². The number of benzene rings is 2. The largest absolute Gasteiger partial charge is 0.497 e. The van der Waals surface area contributed by atoms with Gasteiger partial charge in [-0.2, -0.15) is 0 Å². The van der Waals surface area contributed by atoms with Crippen molar-refractivity contribution >= 4 is 17.5 Å². The zero-order chi connectivity index (χ0) is 17.6. The summed E-state index contributed by atoms with van der Waals surface area (Å²) in [6, 6.07) is 16.2. The van der Waals surface area contributed by atoms with Gasteiger partial charge in [0.1, 0.15) is 11.5 Å². The van der Waals surface area contributed by atoms with Crippen molar-refractivity contribution in [3.05, 3.63) is 54.6 Å². The molecule has 0 radical (unpaired) electrons. The molecule has 1 fully saturated rings. The van der Waals surface area contributed by atoms with Gasteiger partial charge in [-0.15, -0.1) is 0 Å². The first kappa shape index (κ1) is 16.8. The number of nitrogens with one attached hydrogen (secondary N) is 1. The quantitative estimate of drug-likeness (QED) is 0.873. The third-order valence-corrected chi connectivity index (χ3v) is 3.99. The number of ether oxygens (including phenoxy) is 2. The summed E-state index contributed by atoms with van der Waals surface area (Å²) in [5.41, 5.74) is 0.846. The van der Waals surface area contributed by atoms with E-state index >= 15 is 0 Å². The van der Waals surface area contributed by atoms with Crippen LogP contribution in [-0.2, 0) is 9.59 Å². The number of hydrogen-bond donors (Lipinski definition) is 1. The molecular formula is C19H20N2O4. The van der Waals surface area contributed by atoms with Crippen LogP contribution in [0.2, 0.25) is 0 Å². The third-order valence-electron chi connectivity index (χ3n) is 3.99. The van der Waals surface area contributed by atoms with E-state index in [-0.39, 0.29) is 24.5 Å². The molecule has 3 rings (SSSR count). The fourth-order valence-corrected chi connectivity index (χ4v) is 2.75. The van der Waals surface area contributed by atoms with Crippen LogP contribution < -0.4 is 19.7 Å². The minimum Gasteiger partial charge on any atom is -0.497 e. The van der Waals surface area contributed by atoms with Crippen molar-refractivity contribution in [1.29, 1.82) is 0 Å². The minimum absolute atomic E-state index is 0.00701. The van der Waals surface area contributed by atoms with Gasteiger partial charge in [0.05, 0.1) is 13.2 Å². The van der Waals surface area contributed by atoms with E-state index in [0.717, 1.165) is 11.4 Å². The Bertz CT molecular complexity index is 731. The SMILES string of the molecule is COc1ccc(OCC(=O)NC2CC(=O)N(c3ccccc3)C2)cc1. The molecule has 1 aliphatic rings. The van der Waals surface area contributed by atoms with E-state index in [1.807, 2.05) is 30.3 Å². The Morgan fingerprint density at radius 2 is 1.80 bits per heavy atom. The first-order valence-corrected chi connectivity index (χ1v) is 8.07. The maximum absolute atomic E-state index is 12.1. The van der Waals surface area contributed by atoms with Crippen molar-refractivity contribution in [3.63, 3.8) is 0 Å². The minimum atomic E-state index is -0.247. The fourth-order valence-electron chi connectivity index (χ4n) is 2.75. The highest BCUT2D eigenvalue weighted by Crippen LogP contribution is 2.21. The summed E-state index contributed by atoms with van der Waals surface area (Å²) in [7, 11) is 1.59. The molecule has 0 bridgehead atoms. The van der Waals surface area contributed by atoms with Crippen LogP contribution >= 0.6 is 0 Å². The Kier molecular flexibility index (Phi) is 5.18. The second-order valence-corrected chi connectivity index (χ2v) is 5.77. The van der Waals surface area contributed by atoms with Crippen molar-refractivity contribution < 1.29 is 19.1 Å². The van der Waals surface area contributed by atoms with Gasteiger partial charge in [0.2, 0.25) is 5.91 Å². The molecule has 1 heterocycles. The van der Waals surface area contributed by atoms with Gasteiger partial charge in [-0.1, -0.05) is 18.2 Å². The normalized spacial score (nSPS) is 16.6. The standard InChI is InChI=1S/C19H20N2O4/c1-24-16-7-9-17(10-8-16)25-13-18(22)20-14-11-19(23)21(12-14)15-5-3-2-4-6-15/h2-10,14H,11-13H2,1H3,(H,20,22). The number of methoxy groups -OCH3 is 1. The lowest BCUT2D eigenvalue weighted by Crippen LogP contribution is -2.39. The molecule has 2 aromatic carbocycles. The van der Waals surface area contributed by atoms with E-state index in [2.05, 4.69) is 5.32 Å². The Balaban J connectivity index is 1.49. The van der Waals surface area contributed by atoms with Crippen LogP contribution in [0.25, 0.3) is 0 Å². The summed E-state index contributed by atoms with van der Waals surface area (Å²) in [4.78, 5) is 25.9. The Morgan fingerprint density at radius 3 is 2.48 bits per heavy atom. The monoisotopic (exact) mass is 340 g/mol. The van der Waals surface area contributed by atoms with Crippen LogP contribution in [0.3, 0.4) is 0 Å². The molecule has 1 unspecified atom stereocenters. The molecule has 0 saturated carbocycles. The van der Waals surface area contributed by atoms with Gasteiger partial charge in [0.25, 0.3) is 5.91 Å². The smallest absolute Gasteiger partial charge is 0.258 e. The summed E-state index contributed by atoms with van der Waals surface area (Å²) in [5.74, 6) is 1.07. The van der Waals surface area contributed by atoms with E-state index in [1.54, 1.807) is 36.3 Å².